The van der Waals surface area contributed by atoms with E-state index in [1.54, 1.807) is 6.07 Å². The van der Waals surface area contributed by atoms with Gasteiger partial charge in [-0.05, 0) is 6.07 Å². The van der Waals surface area contributed by atoms with Crippen molar-refractivity contribution in [2.45, 2.75) is 0 Å². The van der Waals surface area contributed by atoms with E-state index < -0.39 is 0 Å². The first-order valence-corrected chi connectivity index (χ1v) is 4.43. The standard InChI is InChI=1S/C9H12Cl2N/c1-12(2,3)9-5-7(10)4-8(11)6-9/h4-6H,1-3H3/q+1. The number of quaternary nitrogens is 1. The molecule has 0 unspecified atom stereocenters. The lowest BCUT2D eigenvalue weighted by molar-refractivity contribution is 0.486. The molecule has 0 saturated carbocycles. The Bertz CT molecular complexity index is 269. The van der Waals surface area contributed by atoms with Gasteiger partial charge in [-0.2, -0.15) is 0 Å². The van der Waals surface area contributed by atoms with Crippen molar-refractivity contribution in [3.05, 3.63) is 28.2 Å². The molecule has 0 spiro atoms. The SMILES string of the molecule is C[N+](C)(C)c1cc(Cl)cc(Cl)c1. The number of halogens is 2. The molecule has 0 radical (unpaired) electrons. The topological polar surface area (TPSA) is 0 Å². The number of benzene rings is 1. The maximum Gasteiger partial charge on any atom is 0.135 e. The first-order valence-electron chi connectivity index (χ1n) is 3.68. The smallest absolute Gasteiger partial charge is 0.135 e. The average Bonchev–Trinajstić information content (AvgIpc) is 1.82. The normalized spacial score (nSPS) is 11.8. The fourth-order valence-electron chi connectivity index (χ4n) is 0.927. The summed E-state index contributed by atoms with van der Waals surface area (Å²) in [5.41, 5.74) is 1.10. The van der Waals surface area contributed by atoms with E-state index in [2.05, 4.69) is 21.1 Å². The molecule has 1 aromatic rings. The molecule has 1 rings (SSSR count). The monoisotopic (exact) mass is 204 g/mol. The van der Waals surface area contributed by atoms with Crippen molar-refractivity contribution >= 4 is 28.9 Å². The molecule has 0 aliphatic carbocycles. The summed E-state index contributed by atoms with van der Waals surface area (Å²) < 4.78 is 0.722. The third-order valence-electron chi connectivity index (χ3n) is 1.62. The summed E-state index contributed by atoms with van der Waals surface area (Å²) in [5.74, 6) is 0. The number of hydrogen-bond donors (Lipinski definition) is 0. The molecule has 0 bridgehead atoms. The summed E-state index contributed by atoms with van der Waals surface area (Å²) >= 11 is 11.7. The lowest BCUT2D eigenvalue weighted by atomic mass is 10.3. The van der Waals surface area contributed by atoms with Crippen LogP contribution in [0.15, 0.2) is 18.2 Å². The van der Waals surface area contributed by atoms with Gasteiger partial charge in [0, 0.05) is 22.2 Å². The van der Waals surface area contributed by atoms with Gasteiger partial charge in [0.2, 0.25) is 0 Å². The molecule has 0 N–H and O–H groups in total. The van der Waals surface area contributed by atoms with Gasteiger partial charge in [0.25, 0.3) is 0 Å². The molecule has 0 atom stereocenters. The first kappa shape index (κ1) is 9.85. The van der Waals surface area contributed by atoms with Crippen LogP contribution >= 0.6 is 23.2 Å². The van der Waals surface area contributed by atoms with Crippen LogP contribution in [0.5, 0.6) is 0 Å². The van der Waals surface area contributed by atoms with Crippen LogP contribution in [0.25, 0.3) is 0 Å². The molecule has 0 fully saturated rings. The van der Waals surface area contributed by atoms with E-state index in [4.69, 9.17) is 23.2 Å². The second kappa shape index (κ2) is 3.25. The molecule has 0 heterocycles. The van der Waals surface area contributed by atoms with Gasteiger partial charge >= 0.3 is 0 Å². The van der Waals surface area contributed by atoms with Crippen molar-refractivity contribution in [3.63, 3.8) is 0 Å². The predicted octanol–water partition coefficient (Wildman–Crippen LogP) is 3.19. The Morgan fingerprint density at radius 1 is 0.917 bits per heavy atom. The van der Waals surface area contributed by atoms with Gasteiger partial charge in [-0.25, -0.2) is 0 Å². The number of nitrogens with zero attached hydrogens (tertiary/aromatic N) is 1. The second-order valence-electron chi connectivity index (χ2n) is 3.64. The van der Waals surface area contributed by atoms with Gasteiger partial charge in [-0.1, -0.05) is 23.2 Å². The van der Waals surface area contributed by atoms with Crippen LogP contribution in [-0.2, 0) is 0 Å². The van der Waals surface area contributed by atoms with Gasteiger partial charge in [0.1, 0.15) is 5.69 Å². The number of hydrogen-bond acceptors (Lipinski definition) is 0. The molecule has 12 heavy (non-hydrogen) atoms. The molecule has 0 aromatic heterocycles. The van der Waals surface area contributed by atoms with E-state index in [0.29, 0.717) is 10.0 Å². The Kier molecular flexibility index (Phi) is 2.67. The van der Waals surface area contributed by atoms with Crippen LogP contribution in [0.3, 0.4) is 0 Å². The molecule has 0 aliphatic rings. The van der Waals surface area contributed by atoms with Gasteiger partial charge in [0.05, 0.1) is 21.1 Å². The summed E-state index contributed by atoms with van der Waals surface area (Å²) in [7, 11) is 6.21. The molecule has 66 valence electrons. The van der Waals surface area contributed by atoms with E-state index in [0.717, 1.165) is 10.2 Å². The average molecular weight is 205 g/mol. The summed E-state index contributed by atoms with van der Waals surface area (Å²) in [4.78, 5) is 0. The van der Waals surface area contributed by atoms with E-state index in [9.17, 15) is 0 Å². The van der Waals surface area contributed by atoms with Crippen LogP contribution < -0.4 is 4.48 Å². The van der Waals surface area contributed by atoms with Crippen LogP contribution in [0.4, 0.5) is 5.69 Å². The summed E-state index contributed by atoms with van der Waals surface area (Å²) in [6.07, 6.45) is 0. The van der Waals surface area contributed by atoms with E-state index in [1.165, 1.54) is 0 Å². The molecule has 0 aliphatic heterocycles. The van der Waals surface area contributed by atoms with Crippen molar-refractivity contribution in [1.82, 2.24) is 4.48 Å². The summed E-state index contributed by atoms with van der Waals surface area (Å²) in [5, 5.41) is 1.37. The Labute approximate surface area is 83.1 Å². The predicted molar refractivity (Wildman–Crippen MR) is 56.0 cm³/mol. The van der Waals surface area contributed by atoms with Crippen LogP contribution in [0.1, 0.15) is 0 Å². The van der Waals surface area contributed by atoms with Gasteiger partial charge < -0.3 is 0 Å². The van der Waals surface area contributed by atoms with Crippen molar-refractivity contribution in [2.24, 2.45) is 0 Å². The minimum Gasteiger partial charge on any atom is -0.298 e. The van der Waals surface area contributed by atoms with Gasteiger partial charge in [0.15, 0.2) is 0 Å². The maximum atomic E-state index is 5.86. The molecule has 0 amide bonds. The van der Waals surface area contributed by atoms with Crippen LogP contribution in [-0.4, -0.2) is 21.1 Å². The molecule has 1 nitrogen and oxygen atoms in total. The van der Waals surface area contributed by atoms with Crippen molar-refractivity contribution < 1.29 is 0 Å². The third kappa shape index (κ3) is 2.37. The Balaban J connectivity index is 3.18. The fraction of sp³-hybridized carbons (Fsp3) is 0.333. The second-order valence-corrected chi connectivity index (χ2v) is 4.51. The minimum absolute atomic E-state index is 0.686. The van der Waals surface area contributed by atoms with Crippen molar-refractivity contribution in [2.75, 3.05) is 21.1 Å². The maximum absolute atomic E-state index is 5.86. The largest absolute Gasteiger partial charge is 0.298 e. The van der Waals surface area contributed by atoms with E-state index >= 15 is 0 Å². The molecule has 1 aromatic carbocycles. The zero-order valence-corrected chi connectivity index (χ0v) is 8.95. The molecule has 0 saturated heterocycles. The first-order chi connectivity index (χ1) is 5.39. The van der Waals surface area contributed by atoms with E-state index in [1.807, 2.05) is 12.1 Å². The lowest BCUT2D eigenvalue weighted by Crippen LogP contribution is -2.34. The zero-order valence-electron chi connectivity index (χ0n) is 7.44. The highest BCUT2D eigenvalue weighted by atomic mass is 35.5. The van der Waals surface area contributed by atoms with Gasteiger partial charge in [-0.3, -0.25) is 4.48 Å². The highest BCUT2D eigenvalue weighted by Gasteiger charge is 2.13. The highest BCUT2D eigenvalue weighted by Crippen LogP contribution is 2.26. The van der Waals surface area contributed by atoms with Crippen molar-refractivity contribution in [3.8, 4) is 0 Å². The van der Waals surface area contributed by atoms with Gasteiger partial charge in [-0.15, -0.1) is 0 Å². The third-order valence-corrected chi connectivity index (χ3v) is 2.06. The Morgan fingerprint density at radius 3 is 1.67 bits per heavy atom. The van der Waals surface area contributed by atoms with Crippen molar-refractivity contribution in [1.29, 1.82) is 0 Å². The quantitative estimate of drug-likeness (QED) is 0.617. The molecular weight excluding hydrogens is 193 g/mol. The van der Waals surface area contributed by atoms with Crippen LogP contribution in [0, 0.1) is 0 Å². The van der Waals surface area contributed by atoms with Crippen LogP contribution in [0.2, 0.25) is 10.0 Å². The fourth-order valence-corrected chi connectivity index (χ4v) is 1.44. The Hall–Kier alpha value is -0.240. The molecular formula is C9H12Cl2N+. The highest BCUT2D eigenvalue weighted by molar-refractivity contribution is 6.35. The molecule has 3 heteroatoms. The zero-order chi connectivity index (χ0) is 9.35. The lowest BCUT2D eigenvalue weighted by Gasteiger charge is -2.23. The summed E-state index contributed by atoms with van der Waals surface area (Å²) in [6, 6.07) is 5.59. The number of rotatable bonds is 1. The minimum atomic E-state index is 0.686. The summed E-state index contributed by atoms with van der Waals surface area (Å²) in [6.45, 7) is 0. The Morgan fingerprint density at radius 2 is 1.33 bits per heavy atom. The van der Waals surface area contributed by atoms with E-state index in [-0.39, 0.29) is 0 Å².